The number of piperidine rings is 1. The molecule has 160 valence electrons. The monoisotopic (exact) mass is 389 g/mol. The number of nitrogens with zero attached hydrogens (tertiary/aromatic N) is 3. The summed E-state index contributed by atoms with van der Waals surface area (Å²) in [5.74, 6) is 0.943. The summed E-state index contributed by atoms with van der Waals surface area (Å²) in [6.45, 7) is 13.7. The molecule has 0 saturated carbocycles. The van der Waals surface area contributed by atoms with Crippen molar-refractivity contribution >= 4 is 5.91 Å². The predicted molar refractivity (Wildman–Crippen MR) is 117 cm³/mol. The molecular formula is C24H43N3O. The summed E-state index contributed by atoms with van der Waals surface area (Å²) >= 11 is 0. The van der Waals surface area contributed by atoms with Gasteiger partial charge < -0.3 is 14.7 Å². The zero-order valence-electron chi connectivity index (χ0n) is 19.0. The van der Waals surface area contributed by atoms with Crippen LogP contribution < -0.4 is 0 Å². The maximum atomic E-state index is 13.4. The number of carbonyl (C=O) groups is 1. The standard InChI is InChI=1S/C24H43N3O/c1-6-9-21-22(7-2)27(24(28)23(21)18(3)4)20-12-16-26(17-13-20)19-10-8-14-25(5)15-11-19/h18-20,23H,6-17H2,1-5H3. The molecule has 4 heteroatoms. The first kappa shape index (κ1) is 21.8. The minimum absolute atomic E-state index is 0.130. The first-order valence-corrected chi connectivity index (χ1v) is 11.9. The molecule has 0 aromatic rings. The minimum atomic E-state index is 0.130. The minimum Gasteiger partial charge on any atom is -0.313 e. The molecule has 4 nitrogen and oxygen atoms in total. The maximum absolute atomic E-state index is 13.4. The fraction of sp³-hybridized carbons (Fsp3) is 0.875. The van der Waals surface area contributed by atoms with Crippen molar-refractivity contribution in [3.63, 3.8) is 0 Å². The normalized spacial score (nSPS) is 29.2. The van der Waals surface area contributed by atoms with Crippen LogP contribution in [-0.2, 0) is 4.79 Å². The first-order valence-electron chi connectivity index (χ1n) is 11.9. The van der Waals surface area contributed by atoms with Crippen LogP contribution in [0.2, 0.25) is 0 Å². The van der Waals surface area contributed by atoms with Gasteiger partial charge in [-0.3, -0.25) is 4.79 Å². The first-order chi connectivity index (χ1) is 13.5. The largest absolute Gasteiger partial charge is 0.313 e. The molecule has 0 aliphatic carbocycles. The van der Waals surface area contributed by atoms with Crippen molar-refractivity contribution < 1.29 is 4.79 Å². The molecule has 0 aromatic heterocycles. The number of hydrogen-bond acceptors (Lipinski definition) is 3. The Labute approximate surface area is 173 Å². The molecule has 0 N–H and O–H groups in total. The molecule has 3 rings (SSSR count). The second-order valence-corrected chi connectivity index (χ2v) is 9.66. The fourth-order valence-corrected chi connectivity index (χ4v) is 5.92. The lowest BCUT2D eigenvalue weighted by atomic mass is 9.86. The summed E-state index contributed by atoms with van der Waals surface area (Å²) in [6.07, 6.45) is 9.48. The van der Waals surface area contributed by atoms with E-state index in [-0.39, 0.29) is 5.92 Å². The highest BCUT2D eigenvalue weighted by atomic mass is 16.2. The molecule has 3 aliphatic heterocycles. The average Bonchev–Trinajstić information content (AvgIpc) is 2.79. The SMILES string of the molecule is CCCC1=C(CC)N(C2CCN(C3CCCN(C)CC3)CC2)C(=O)C1C(C)C. The predicted octanol–water partition coefficient (Wildman–Crippen LogP) is 4.51. The van der Waals surface area contributed by atoms with E-state index in [2.05, 4.69) is 49.4 Å². The van der Waals surface area contributed by atoms with E-state index in [0.717, 1.165) is 51.2 Å². The third kappa shape index (κ3) is 4.48. The second kappa shape index (κ2) is 9.75. The van der Waals surface area contributed by atoms with Crippen LogP contribution >= 0.6 is 0 Å². The summed E-state index contributed by atoms with van der Waals surface area (Å²) in [5.41, 5.74) is 2.83. The molecule has 28 heavy (non-hydrogen) atoms. The zero-order valence-corrected chi connectivity index (χ0v) is 19.0. The Kier molecular flexibility index (Phi) is 7.60. The highest BCUT2D eigenvalue weighted by Gasteiger charge is 2.43. The smallest absolute Gasteiger partial charge is 0.234 e. The number of rotatable bonds is 6. The lowest BCUT2D eigenvalue weighted by Crippen LogP contribution is -2.49. The molecule has 2 atom stereocenters. The Balaban J connectivity index is 1.68. The summed E-state index contributed by atoms with van der Waals surface area (Å²) in [4.78, 5) is 20.9. The highest BCUT2D eigenvalue weighted by molar-refractivity contribution is 5.87. The van der Waals surface area contributed by atoms with E-state index in [4.69, 9.17) is 0 Å². The van der Waals surface area contributed by atoms with E-state index >= 15 is 0 Å². The molecule has 0 bridgehead atoms. The van der Waals surface area contributed by atoms with Crippen LogP contribution in [0, 0.1) is 11.8 Å². The Morgan fingerprint density at radius 1 is 0.964 bits per heavy atom. The van der Waals surface area contributed by atoms with Crippen LogP contribution in [0.5, 0.6) is 0 Å². The van der Waals surface area contributed by atoms with Crippen molar-refractivity contribution in [2.24, 2.45) is 11.8 Å². The van der Waals surface area contributed by atoms with Crippen molar-refractivity contribution in [2.45, 2.75) is 91.1 Å². The summed E-state index contributed by atoms with van der Waals surface area (Å²) in [5, 5.41) is 0. The zero-order chi connectivity index (χ0) is 20.3. The third-order valence-corrected chi connectivity index (χ3v) is 7.36. The maximum Gasteiger partial charge on any atom is 0.234 e. The Morgan fingerprint density at radius 3 is 2.25 bits per heavy atom. The van der Waals surface area contributed by atoms with Crippen LogP contribution in [0.3, 0.4) is 0 Å². The van der Waals surface area contributed by atoms with Gasteiger partial charge in [0.25, 0.3) is 0 Å². The molecular weight excluding hydrogens is 346 g/mol. The Bertz CT molecular complexity index is 562. The number of carbonyl (C=O) groups excluding carboxylic acids is 1. The Hall–Kier alpha value is -0.870. The van der Waals surface area contributed by atoms with Crippen LogP contribution in [0.4, 0.5) is 0 Å². The van der Waals surface area contributed by atoms with Gasteiger partial charge in [-0.15, -0.1) is 0 Å². The average molecular weight is 390 g/mol. The van der Waals surface area contributed by atoms with E-state index in [1.165, 1.54) is 43.6 Å². The number of allylic oxidation sites excluding steroid dienone is 1. The van der Waals surface area contributed by atoms with Crippen LogP contribution in [0.25, 0.3) is 0 Å². The van der Waals surface area contributed by atoms with Gasteiger partial charge in [-0.1, -0.05) is 34.1 Å². The van der Waals surface area contributed by atoms with Gasteiger partial charge in [0.15, 0.2) is 0 Å². The molecule has 0 spiro atoms. The summed E-state index contributed by atoms with van der Waals surface area (Å²) < 4.78 is 0. The molecule has 3 heterocycles. The number of amides is 1. The molecule has 1 amide bonds. The van der Waals surface area contributed by atoms with Gasteiger partial charge in [-0.25, -0.2) is 0 Å². The fourth-order valence-electron chi connectivity index (χ4n) is 5.92. The summed E-state index contributed by atoms with van der Waals surface area (Å²) in [7, 11) is 2.26. The second-order valence-electron chi connectivity index (χ2n) is 9.66. The van der Waals surface area contributed by atoms with Crippen LogP contribution in [0.15, 0.2) is 11.3 Å². The van der Waals surface area contributed by atoms with Crippen LogP contribution in [-0.4, -0.2) is 65.9 Å². The quantitative estimate of drug-likeness (QED) is 0.668. The van der Waals surface area contributed by atoms with Gasteiger partial charge >= 0.3 is 0 Å². The van der Waals surface area contributed by atoms with Gasteiger partial charge in [0.05, 0.1) is 5.92 Å². The number of hydrogen-bond donors (Lipinski definition) is 0. The molecule has 0 aromatic carbocycles. The van der Waals surface area contributed by atoms with Crippen LogP contribution in [0.1, 0.15) is 79.1 Å². The lowest BCUT2D eigenvalue weighted by molar-refractivity contribution is -0.134. The molecule has 0 radical (unpaired) electrons. The number of likely N-dealkylation sites (tertiary alicyclic amines) is 2. The third-order valence-electron chi connectivity index (χ3n) is 7.36. The van der Waals surface area contributed by atoms with Crippen molar-refractivity contribution in [2.75, 3.05) is 33.2 Å². The van der Waals surface area contributed by atoms with Crippen molar-refractivity contribution in [3.8, 4) is 0 Å². The van der Waals surface area contributed by atoms with E-state index in [0.29, 0.717) is 17.9 Å². The van der Waals surface area contributed by atoms with Crippen molar-refractivity contribution in [1.82, 2.24) is 14.7 Å². The van der Waals surface area contributed by atoms with E-state index < -0.39 is 0 Å². The highest BCUT2D eigenvalue weighted by Crippen LogP contribution is 2.41. The van der Waals surface area contributed by atoms with E-state index in [1.807, 2.05) is 0 Å². The summed E-state index contributed by atoms with van der Waals surface area (Å²) in [6, 6.07) is 1.17. The van der Waals surface area contributed by atoms with Gasteiger partial charge in [-0.05, 0) is 76.6 Å². The molecule has 2 unspecified atom stereocenters. The molecule has 2 fully saturated rings. The van der Waals surface area contributed by atoms with Gasteiger partial charge in [-0.2, -0.15) is 0 Å². The van der Waals surface area contributed by atoms with Gasteiger partial charge in [0, 0.05) is 30.9 Å². The topological polar surface area (TPSA) is 26.8 Å². The van der Waals surface area contributed by atoms with Crippen molar-refractivity contribution in [3.05, 3.63) is 11.3 Å². The molecule has 2 saturated heterocycles. The molecule has 3 aliphatic rings. The Morgan fingerprint density at radius 2 is 1.64 bits per heavy atom. The van der Waals surface area contributed by atoms with E-state index in [9.17, 15) is 4.79 Å². The van der Waals surface area contributed by atoms with Crippen molar-refractivity contribution in [1.29, 1.82) is 0 Å². The van der Waals surface area contributed by atoms with E-state index in [1.54, 1.807) is 0 Å². The van der Waals surface area contributed by atoms with Gasteiger partial charge in [0.1, 0.15) is 0 Å². The lowest BCUT2D eigenvalue weighted by Gasteiger charge is -2.41. The van der Waals surface area contributed by atoms with Gasteiger partial charge in [0.2, 0.25) is 5.91 Å².